The molecule has 0 aromatic heterocycles. The third kappa shape index (κ3) is 2.13. The maximum atomic E-state index is 6.10. The Bertz CT molecular complexity index is 213. The second kappa shape index (κ2) is 5.03. The van der Waals surface area contributed by atoms with Crippen LogP contribution in [0.15, 0.2) is 0 Å². The number of hydrogen-bond acceptors (Lipinski definition) is 3. The summed E-state index contributed by atoms with van der Waals surface area (Å²) in [5.41, 5.74) is 6.44. The molecule has 1 heterocycles. The molecular formula is C13H27N3. The van der Waals surface area contributed by atoms with Gasteiger partial charge >= 0.3 is 0 Å². The Labute approximate surface area is 100.0 Å². The van der Waals surface area contributed by atoms with E-state index in [-0.39, 0.29) is 0 Å². The summed E-state index contributed by atoms with van der Waals surface area (Å²) in [7, 11) is 0. The minimum Gasteiger partial charge on any atom is -0.329 e. The first-order chi connectivity index (χ1) is 7.76. The molecule has 0 amide bonds. The quantitative estimate of drug-likeness (QED) is 0.761. The number of nitrogens with two attached hydrogens (primary N) is 1. The van der Waals surface area contributed by atoms with E-state index in [1.807, 2.05) is 0 Å². The van der Waals surface area contributed by atoms with Crippen LogP contribution in [0.5, 0.6) is 0 Å². The third-order valence-corrected chi connectivity index (χ3v) is 4.75. The van der Waals surface area contributed by atoms with E-state index in [2.05, 4.69) is 23.6 Å². The zero-order valence-corrected chi connectivity index (χ0v) is 10.9. The molecule has 2 N–H and O–H groups in total. The van der Waals surface area contributed by atoms with E-state index in [9.17, 15) is 0 Å². The summed E-state index contributed by atoms with van der Waals surface area (Å²) < 4.78 is 0. The number of likely N-dealkylation sites (N-methyl/N-ethyl adjacent to an activating group) is 1. The molecule has 1 saturated heterocycles. The Morgan fingerprint density at radius 2 is 1.75 bits per heavy atom. The molecule has 2 fully saturated rings. The lowest BCUT2D eigenvalue weighted by Crippen LogP contribution is -2.61. The van der Waals surface area contributed by atoms with E-state index in [0.29, 0.717) is 5.54 Å². The van der Waals surface area contributed by atoms with Crippen LogP contribution in [0, 0.1) is 5.92 Å². The predicted molar refractivity (Wildman–Crippen MR) is 68.5 cm³/mol. The Morgan fingerprint density at radius 1 is 1.12 bits per heavy atom. The van der Waals surface area contributed by atoms with Crippen LogP contribution in [0.1, 0.15) is 33.1 Å². The standard InChI is InChI=1S/C13H27N3/c1-3-13(11-14,12-5-6-12)16-9-7-15(4-2)8-10-16/h12H,3-11,14H2,1-2H3. The summed E-state index contributed by atoms with van der Waals surface area (Å²) >= 11 is 0. The summed E-state index contributed by atoms with van der Waals surface area (Å²) in [4.78, 5) is 5.23. The fourth-order valence-corrected chi connectivity index (χ4v) is 3.34. The minimum atomic E-state index is 0.333. The van der Waals surface area contributed by atoms with E-state index in [0.717, 1.165) is 12.5 Å². The molecule has 1 atom stereocenters. The molecule has 3 nitrogen and oxygen atoms in total. The lowest BCUT2D eigenvalue weighted by molar-refractivity contribution is 0.0208. The molecule has 94 valence electrons. The third-order valence-electron chi connectivity index (χ3n) is 4.75. The Kier molecular flexibility index (Phi) is 3.88. The molecule has 1 aliphatic carbocycles. The molecule has 2 aliphatic rings. The molecule has 0 bridgehead atoms. The van der Waals surface area contributed by atoms with Crippen LogP contribution in [0.3, 0.4) is 0 Å². The van der Waals surface area contributed by atoms with Gasteiger partial charge in [-0.1, -0.05) is 13.8 Å². The molecule has 0 aromatic carbocycles. The van der Waals surface area contributed by atoms with Crippen LogP contribution in [0.25, 0.3) is 0 Å². The average molecular weight is 225 g/mol. The van der Waals surface area contributed by atoms with Gasteiger partial charge in [-0.2, -0.15) is 0 Å². The van der Waals surface area contributed by atoms with Gasteiger partial charge in [0.05, 0.1) is 0 Å². The second-order valence-electron chi connectivity index (χ2n) is 5.36. The zero-order chi connectivity index (χ0) is 11.6. The van der Waals surface area contributed by atoms with Crippen LogP contribution < -0.4 is 5.73 Å². The summed E-state index contributed by atoms with van der Waals surface area (Å²) in [6.45, 7) is 11.5. The number of hydrogen-bond donors (Lipinski definition) is 1. The summed E-state index contributed by atoms with van der Waals surface area (Å²) in [6.07, 6.45) is 4.03. The first-order valence-corrected chi connectivity index (χ1v) is 6.94. The van der Waals surface area contributed by atoms with E-state index in [1.165, 1.54) is 52.0 Å². The van der Waals surface area contributed by atoms with Crippen LogP contribution >= 0.6 is 0 Å². The largest absolute Gasteiger partial charge is 0.329 e. The first kappa shape index (κ1) is 12.3. The van der Waals surface area contributed by atoms with E-state index >= 15 is 0 Å². The van der Waals surface area contributed by atoms with Gasteiger partial charge in [0.15, 0.2) is 0 Å². The molecule has 0 radical (unpaired) electrons. The van der Waals surface area contributed by atoms with Crippen molar-refractivity contribution in [2.45, 2.75) is 38.6 Å². The molecule has 1 aliphatic heterocycles. The van der Waals surface area contributed by atoms with E-state index in [1.54, 1.807) is 0 Å². The molecule has 0 spiro atoms. The molecule has 16 heavy (non-hydrogen) atoms. The monoisotopic (exact) mass is 225 g/mol. The van der Waals surface area contributed by atoms with Gasteiger partial charge < -0.3 is 10.6 Å². The summed E-state index contributed by atoms with van der Waals surface area (Å²) in [5, 5.41) is 0. The smallest absolute Gasteiger partial charge is 0.0358 e. The first-order valence-electron chi connectivity index (χ1n) is 6.94. The normalized spacial score (nSPS) is 27.9. The van der Waals surface area contributed by atoms with Gasteiger partial charge in [-0.3, -0.25) is 4.90 Å². The molecule has 1 unspecified atom stereocenters. The maximum Gasteiger partial charge on any atom is 0.0358 e. The van der Waals surface area contributed by atoms with Crippen molar-refractivity contribution in [2.75, 3.05) is 39.3 Å². The van der Waals surface area contributed by atoms with Gasteiger partial charge in [0.25, 0.3) is 0 Å². The number of rotatable bonds is 5. The van der Waals surface area contributed by atoms with Crippen molar-refractivity contribution in [2.24, 2.45) is 11.7 Å². The van der Waals surface area contributed by atoms with Crippen LogP contribution in [-0.2, 0) is 0 Å². The zero-order valence-electron chi connectivity index (χ0n) is 10.9. The average Bonchev–Trinajstić information content (AvgIpc) is 3.17. The fourth-order valence-electron chi connectivity index (χ4n) is 3.34. The lowest BCUT2D eigenvalue weighted by Gasteiger charge is -2.47. The van der Waals surface area contributed by atoms with Crippen molar-refractivity contribution in [1.29, 1.82) is 0 Å². The van der Waals surface area contributed by atoms with Gasteiger partial charge in [0.2, 0.25) is 0 Å². The number of piperazine rings is 1. The van der Waals surface area contributed by atoms with Crippen molar-refractivity contribution < 1.29 is 0 Å². The second-order valence-corrected chi connectivity index (χ2v) is 5.36. The number of nitrogens with zero attached hydrogens (tertiary/aromatic N) is 2. The highest BCUT2D eigenvalue weighted by Crippen LogP contribution is 2.44. The highest BCUT2D eigenvalue weighted by Gasteiger charge is 2.47. The van der Waals surface area contributed by atoms with E-state index < -0.39 is 0 Å². The van der Waals surface area contributed by atoms with Crippen molar-refractivity contribution in [3.05, 3.63) is 0 Å². The summed E-state index contributed by atoms with van der Waals surface area (Å²) in [5.74, 6) is 0.885. The SMILES string of the molecule is CCN1CCN(C(CC)(CN)C2CC2)CC1. The van der Waals surface area contributed by atoms with Crippen molar-refractivity contribution in [1.82, 2.24) is 9.80 Å². The predicted octanol–water partition coefficient (Wildman–Crippen LogP) is 1.14. The molecule has 2 rings (SSSR count). The van der Waals surface area contributed by atoms with E-state index in [4.69, 9.17) is 5.73 Å². The van der Waals surface area contributed by atoms with Gasteiger partial charge in [-0.15, -0.1) is 0 Å². The van der Waals surface area contributed by atoms with Crippen LogP contribution in [-0.4, -0.2) is 54.6 Å². The van der Waals surface area contributed by atoms with Crippen LogP contribution in [0.2, 0.25) is 0 Å². The Balaban J connectivity index is 1.99. The van der Waals surface area contributed by atoms with Crippen molar-refractivity contribution in [3.63, 3.8) is 0 Å². The highest BCUT2D eigenvalue weighted by atomic mass is 15.3. The van der Waals surface area contributed by atoms with Gasteiger partial charge in [-0.05, 0) is 31.7 Å². The maximum absolute atomic E-state index is 6.10. The molecule has 1 saturated carbocycles. The van der Waals surface area contributed by atoms with Crippen molar-refractivity contribution in [3.8, 4) is 0 Å². The van der Waals surface area contributed by atoms with Gasteiger partial charge in [0, 0.05) is 38.3 Å². The fraction of sp³-hybridized carbons (Fsp3) is 1.00. The van der Waals surface area contributed by atoms with Gasteiger partial charge in [0.1, 0.15) is 0 Å². The van der Waals surface area contributed by atoms with Crippen molar-refractivity contribution >= 4 is 0 Å². The molecular weight excluding hydrogens is 198 g/mol. The summed E-state index contributed by atoms with van der Waals surface area (Å²) in [6, 6.07) is 0. The van der Waals surface area contributed by atoms with Gasteiger partial charge in [-0.25, -0.2) is 0 Å². The Morgan fingerprint density at radius 3 is 2.12 bits per heavy atom. The highest BCUT2D eigenvalue weighted by molar-refractivity contribution is 5.03. The molecule has 0 aromatic rings. The Hall–Kier alpha value is -0.120. The molecule has 3 heteroatoms. The lowest BCUT2D eigenvalue weighted by atomic mass is 9.87. The minimum absolute atomic E-state index is 0.333. The topological polar surface area (TPSA) is 32.5 Å². The van der Waals surface area contributed by atoms with Crippen LogP contribution in [0.4, 0.5) is 0 Å².